The molecule has 0 aliphatic carbocycles. The number of rotatable bonds is 8. The first kappa shape index (κ1) is 20.4. The first-order valence-electron chi connectivity index (χ1n) is 8.71. The number of benzene rings is 2. The summed E-state index contributed by atoms with van der Waals surface area (Å²) in [5, 5.41) is 13.9. The minimum Gasteiger partial charge on any atom is -0.377 e. The Morgan fingerprint density at radius 1 is 1.19 bits per heavy atom. The molecule has 1 N–H and O–H groups in total. The molecular weight excluding hydrogens is 346 g/mol. The van der Waals surface area contributed by atoms with Crippen molar-refractivity contribution in [1.29, 1.82) is 0 Å². The van der Waals surface area contributed by atoms with Crippen LogP contribution < -0.4 is 10.2 Å². The van der Waals surface area contributed by atoms with Crippen molar-refractivity contribution in [1.82, 2.24) is 5.32 Å². The number of amides is 1. The summed E-state index contributed by atoms with van der Waals surface area (Å²) in [6, 6.07) is 12.1. The molecule has 0 unspecified atom stereocenters. The fraction of sp³-hybridized carbons (Fsp3) is 0.350. The number of hydrogen-bond donors (Lipinski definition) is 1. The molecule has 27 heavy (non-hydrogen) atoms. The van der Waals surface area contributed by atoms with Crippen LogP contribution in [-0.4, -0.2) is 31.0 Å². The van der Waals surface area contributed by atoms with E-state index < -0.39 is 4.92 Å². The number of non-ortho nitro benzene ring substituents is 1. The smallest absolute Gasteiger partial charge is 0.270 e. The Hall–Kier alpha value is -2.93. The van der Waals surface area contributed by atoms with E-state index in [2.05, 4.69) is 5.32 Å². The molecule has 0 aromatic heterocycles. The van der Waals surface area contributed by atoms with Crippen LogP contribution >= 0.6 is 0 Å². The standard InChI is InChI=1S/C20H25N3O4/c1-14(2)27-13-16-7-5-6-15(10-16)12-21-20(24)18-11-17(23(25)26)8-9-19(18)22(3)4/h5-11,14H,12-13H2,1-4H3,(H,21,24). The lowest BCUT2D eigenvalue weighted by atomic mass is 10.1. The summed E-state index contributed by atoms with van der Waals surface area (Å²) in [5.41, 5.74) is 2.74. The molecule has 2 aromatic carbocycles. The van der Waals surface area contributed by atoms with Gasteiger partial charge in [0.25, 0.3) is 11.6 Å². The Labute approximate surface area is 159 Å². The van der Waals surface area contributed by atoms with Crippen LogP contribution in [0.1, 0.15) is 35.3 Å². The SMILES string of the molecule is CC(C)OCc1cccc(CNC(=O)c2cc([N+](=O)[O-])ccc2N(C)C)c1. The van der Waals surface area contributed by atoms with Crippen LogP contribution in [0.15, 0.2) is 42.5 Å². The minimum atomic E-state index is -0.506. The molecule has 0 heterocycles. The average Bonchev–Trinajstić information content (AvgIpc) is 2.64. The highest BCUT2D eigenvalue weighted by Crippen LogP contribution is 2.24. The summed E-state index contributed by atoms with van der Waals surface area (Å²) < 4.78 is 5.60. The molecule has 144 valence electrons. The lowest BCUT2D eigenvalue weighted by Crippen LogP contribution is -2.25. The minimum absolute atomic E-state index is 0.112. The van der Waals surface area contributed by atoms with Gasteiger partial charge in [0.05, 0.1) is 23.2 Å². The second-order valence-corrected chi connectivity index (χ2v) is 6.72. The molecule has 0 aliphatic heterocycles. The van der Waals surface area contributed by atoms with Gasteiger partial charge in [-0.05, 0) is 31.0 Å². The van der Waals surface area contributed by atoms with Crippen molar-refractivity contribution in [2.24, 2.45) is 0 Å². The van der Waals surface area contributed by atoms with E-state index in [9.17, 15) is 14.9 Å². The van der Waals surface area contributed by atoms with E-state index in [0.717, 1.165) is 11.1 Å². The predicted molar refractivity (Wildman–Crippen MR) is 105 cm³/mol. The maximum atomic E-state index is 12.6. The summed E-state index contributed by atoms with van der Waals surface area (Å²) in [5.74, 6) is -0.355. The van der Waals surface area contributed by atoms with E-state index in [0.29, 0.717) is 18.8 Å². The third-order valence-electron chi connectivity index (χ3n) is 3.95. The summed E-state index contributed by atoms with van der Waals surface area (Å²) >= 11 is 0. The number of nitro benzene ring substituents is 1. The third kappa shape index (κ3) is 5.79. The molecule has 7 nitrogen and oxygen atoms in total. The summed E-state index contributed by atoms with van der Waals surface area (Å²) in [6.45, 7) is 4.79. The molecule has 0 bridgehead atoms. The monoisotopic (exact) mass is 371 g/mol. The van der Waals surface area contributed by atoms with Gasteiger partial charge in [-0.3, -0.25) is 14.9 Å². The second-order valence-electron chi connectivity index (χ2n) is 6.72. The highest BCUT2D eigenvalue weighted by Gasteiger charge is 2.17. The summed E-state index contributed by atoms with van der Waals surface area (Å²) in [7, 11) is 3.58. The van der Waals surface area contributed by atoms with Gasteiger partial charge in [0, 0.05) is 38.5 Å². The Balaban J connectivity index is 2.12. The van der Waals surface area contributed by atoms with Crippen LogP contribution in [0.5, 0.6) is 0 Å². The molecule has 0 fully saturated rings. The number of anilines is 1. The molecule has 0 saturated carbocycles. The maximum Gasteiger partial charge on any atom is 0.270 e. The van der Waals surface area contributed by atoms with Gasteiger partial charge < -0.3 is 15.0 Å². The number of nitro groups is 1. The van der Waals surface area contributed by atoms with Gasteiger partial charge in [-0.15, -0.1) is 0 Å². The van der Waals surface area contributed by atoms with E-state index in [1.165, 1.54) is 12.1 Å². The Kier molecular flexibility index (Phi) is 6.90. The number of ether oxygens (including phenoxy) is 1. The topological polar surface area (TPSA) is 84.7 Å². The summed E-state index contributed by atoms with van der Waals surface area (Å²) in [4.78, 5) is 24.9. The molecule has 2 aromatic rings. The predicted octanol–water partition coefficient (Wildman–Crippen LogP) is 3.52. The van der Waals surface area contributed by atoms with Crippen molar-refractivity contribution < 1.29 is 14.5 Å². The van der Waals surface area contributed by atoms with E-state index >= 15 is 0 Å². The molecule has 0 aliphatic rings. The first-order valence-corrected chi connectivity index (χ1v) is 8.71. The zero-order valence-electron chi connectivity index (χ0n) is 16.1. The fourth-order valence-corrected chi connectivity index (χ4v) is 2.58. The molecule has 0 atom stereocenters. The fourth-order valence-electron chi connectivity index (χ4n) is 2.58. The van der Waals surface area contributed by atoms with Crippen LogP contribution in [0.2, 0.25) is 0 Å². The van der Waals surface area contributed by atoms with E-state index in [4.69, 9.17) is 4.74 Å². The third-order valence-corrected chi connectivity index (χ3v) is 3.95. The molecule has 1 amide bonds. The van der Waals surface area contributed by atoms with Crippen LogP contribution in [0.25, 0.3) is 0 Å². The van der Waals surface area contributed by atoms with Crippen molar-refractivity contribution >= 4 is 17.3 Å². The van der Waals surface area contributed by atoms with Crippen LogP contribution in [0, 0.1) is 10.1 Å². The number of nitrogens with zero attached hydrogens (tertiary/aromatic N) is 2. The molecule has 0 radical (unpaired) electrons. The molecule has 2 rings (SSSR count). The van der Waals surface area contributed by atoms with Crippen molar-refractivity contribution in [3.63, 3.8) is 0 Å². The second kappa shape index (κ2) is 9.14. The van der Waals surface area contributed by atoms with E-state index in [1.807, 2.05) is 38.1 Å². The van der Waals surface area contributed by atoms with Crippen LogP contribution in [0.4, 0.5) is 11.4 Å². The Morgan fingerprint density at radius 2 is 1.89 bits per heavy atom. The van der Waals surface area contributed by atoms with Crippen molar-refractivity contribution in [3.8, 4) is 0 Å². The number of hydrogen-bond acceptors (Lipinski definition) is 5. The normalized spacial score (nSPS) is 10.7. The summed E-state index contributed by atoms with van der Waals surface area (Å²) in [6.07, 6.45) is 0.145. The van der Waals surface area contributed by atoms with Crippen molar-refractivity contribution in [2.45, 2.75) is 33.1 Å². The molecule has 0 spiro atoms. The quantitative estimate of drug-likeness (QED) is 0.567. The van der Waals surface area contributed by atoms with Gasteiger partial charge in [-0.25, -0.2) is 0 Å². The maximum absolute atomic E-state index is 12.6. The molecular formula is C20H25N3O4. The number of carbonyl (C=O) groups is 1. The van der Waals surface area contributed by atoms with Gasteiger partial charge in [0.15, 0.2) is 0 Å². The van der Waals surface area contributed by atoms with Gasteiger partial charge in [0.1, 0.15) is 0 Å². The highest BCUT2D eigenvalue weighted by molar-refractivity contribution is 6.00. The number of nitrogens with one attached hydrogen (secondary N) is 1. The average molecular weight is 371 g/mol. The first-order chi connectivity index (χ1) is 12.8. The highest BCUT2D eigenvalue weighted by atomic mass is 16.6. The van der Waals surface area contributed by atoms with Crippen LogP contribution in [-0.2, 0) is 17.9 Å². The van der Waals surface area contributed by atoms with Gasteiger partial charge in [-0.1, -0.05) is 24.3 Å². The van der Waals surface area contributed by atoms with Crippen molar-refractivity contribution in [3.05, 3.63) is 69.3 Å². The Morgan fingerprint density at radius 3 is 2.52 bits per heavy atom. The van der Waals surface area contributed by atoms with Gasteiger partial charge in [0.2, 0.25) is 0 Å². The van der Waals surface area contributed by atoms with Crippen LogP contribution in [0.3, 0.4) is 0 Å². The number of carbonyl (C=O) groups excluding carboxylic acids is 1. The largest absolute Gasteiger partial charge is 0.377 e. The van der Waals surface area contributed by atoms with Gasteiger partial charge in [-0.2, -0.15) is 0 Å². The zero-order valence-corrected chi connectivity index (χ0v) is 16.1. The lowest BCUT2D eigenvalue weighted by Gasteiger charge is -2.17. The molecule has 7 heteroatoms. The van der Waals surface area contributed by atoms with E-state index in [1.54, 1.807) is 25.1 Å². The molecule has 0 saturated heterocycles. The Bertz CT molecular complexity index is 819. The zero-order chi connectivity index (χ0) is 20.0. The van der Waals surface area contributed by atoms with E-state index in [-0.39, 0.29) is 23.3 Å². The van der Waals surface area contributed by atoms with Gasteiger partial charge >= 0.3 is 0 Å². The van der Waals surface area contributed by atoms with Crippen molar-refractivity contribution in [2.75, 3.05) is 19.0 Å². The lowest BCUT2D eigenvalue weighted by molar-refractivity contribution is -0.384.